The molecule has 4 N–H and O–H groups in total. The van der Waals surface area contributed by atoms with Crippen LogP contribution in [0.3, 0.4) is 0 Å². The molecule has 7 nitrogen and oxygen atoms in total. The maximum atomic E-state index is 11.5. The maximum absolute atomic E-state index is 11.5. The van der Waals surface area contributed by atoms with Gasteiger partial charge in [0, 0.05) is 17.6 Å². The second kappa shape index (κ2) is 8.84. The number of anilines is 1. The predicted molar refractivity (Wildman–Crippen MR) is 99.6 cm³/mol. The van der Waals surface area contributed by atoms with Crippen molar-refractivity contribution in [3.05, 3.63) is 28.2 Å². The van der Waals surface area contributed by atoms with Crippen molar-refractivity contribution in [2.75, 3.05) is 18.4 Å². The van der Waals surface area contributed by atoms with Gasteiger partial charge in [-0.2, -0.15) is 0 Å². The lowest BCUT2D eigenvalue weighted by molar-refractivity contribution is 0.0528. The zero-order valence-electron chi connectivity index (χ0n) is 13.6. The first-order chi connectivity index (χ1) is 11.1. The number of aromatic carboxylic acids is 1. The molecule has 0 spiro atoms. The molecule has 0 unspecified atom stereocenters. The van der Waals surface area contributed by atoms with Gasteiger partial charge in [-0.3, -0.25) is 0 Å². The number of rotatable bonds is 5. The summed E-state index contributed by atoms with van der Waals surface area (Å²) >= 11 is 8.34. The van der Waals surface area contributed by atoms with Crippen molar-refractivity contribution in [3.8, 4) is 0 Å². The largest absolute Gasteiger partial charge is 0.478 e. The highest BCUT2D eigenvalue weighted by atomic mass is 79.9. The third kappa shape index (κ3) is 7.60. The fourth-order valence-corrected chi connectivity index (χ4v) is 2.20. The van der Waals surface area contributed by atoms with Gasteiger partial charge in [0.2, 0.25) is 0 Å². The van der Waals surface area contributed by atoms with Crippen LogP contribution < -0.4 is 16.0 Å². The lowest BCUT2D eigenvalue weighted by Crippen LogP contribution is -2.39. The summed E-state index contributed by atoms with van der Waals surface area (Å²) in [6, 6.07) is 4.80. The quantitative estimate of drug-likeness (QED) is 0.431. The van der Waals surface area contributed by atoms with Crippen LogP contribution in [0.2, 0.25) is 0 Å². The molecule has 132 valence electrons. The number of nitrogens with one attached hydrogen (secondary N) is 3. The Balaban J connectivity index is 2.43. The monoisotopic (exact) mass is 417 g/mol. The number of benzene rings is 1. The summed E-state index contributed by atoms with van der Waals surface area (Å²) in [6.45, 7) is 6.01. The van der Waals surface area contributed by atoms with Crippen molar-refractivity contribution in [3.63, 3.8) is 0 Å². The first-order valence-corrected chi connectivity index (χ1v) is 8.33. The fourth-order valence-electron chi connectivity index (χ4n) is 1.62. The van der Waals surface area contributed by atoms with Crippen molar-refractivity contribution < 1.29 is 19.4 Å². The van der Waals surface area contributed by atoms with E-state index in [0.29, 0.717) is 23.2 Å². The molecule has 0 saturated heterocycles. The third-order valence-corrected chi connectivity index (χ3v) is 3.28. The fraction of sp³-hybridized carbons (Fsp3) is 0.400. The maximum Gasteiger partial charge on any atom is 0.407 e. The first-order valence-electron chi connectivity index (χ1n) is 7.13. The van der Waals surface area contributed by atoms with Crippen molar-refractivity contribution in [2.45, 2.75) is 26.4 Å². The van der Waals surface area contributed by atoms with Crippen LogP contribution in [0.15, 0.2) is 22.7 Å². The van der Waals surface area contributed by atoms with E-state index in [1.54, 1.807) is 32.9 Å². The SMILES string of the molecule is CC(C)(C)OC(=O)NCCNC(=S)Nc1ccc(Br)cc1C(=O)O. The molecule has 0 atom stereocenters. The number of carbonyl (C=O) groups is 2. The van der Waals surface area contributed by atoms with E-state index < -0.39 is 17.7 Å². The highest BCUT2D eigenvalue weighted by molar-refractivity contribution is 9.10. The summed E-state index contributed by atoms with van der Waals surface area (Å²) in [5, 5.41) is 17.7. The average molecular weight is 418 g/mol. The number of carbonyl (C=O) groups excluding carboxylic acids is 1. The van der Waals surface area contributed by atoms with Gasteiger partial charge in [0.1, 0.15) is 5.60 Å². The smallest absolute Gasteiger partial charge is 0.407 e. The van der Waals surface area contributed by atoms with E-state index in [0.717, 1.165) is 0 Å². The van der Waals surface area contributed by atoms with Gasteiger partial charge in [0.15, 0.2) is 5.11 Å². The van der Waals surface area contributed by atoms with E-state index in [1.807, 2.05) is 0 Å². The molecule has 0 aromatic heterocycles. The van der Waals surface area contributed by atoms with Crippen LogP contribution in [-0.4, -0.2) is 41.0 Å². The zero-order valence-corrected chi connectivity index (χ0v) is 16.0. The Morgan fingerprint density at radius 1 is 1.25 bits per heavy atom. The summed E-state index contributed by atoms with van der Waals surface area (Å²) in [5.41, 5.74) is -0.0767. The molecule has 1 amide bonds. The molecule has 1 rings (SSSR count). The molecule has 9 heteroatoms. The van der Waals surface area contributed by atoms with Gasteiger partial charge >= 0.3 is 12.1 Å². The van der Waals surface area contributed by atoms with Crippen LogP contribution in [-0.2, 0) is 4.74 Å². The van der Waals surface area contributed by atoms with Crippen molar-refractivity contribution in [1.82, 2.24) is 10.6 Å². The topological polar surface area (TPSA) is 99.7 Å². The Kier molecular flexibility index (Phi) is 7.43. The zero-order chi connectivity index (χ0) is 18.3. The van der Waals surface area contributed by atoms with Gasteiger partial charge in [-0.25, -0.2) is 9.59 Å². The van der Waals surface area contributed by atoms with Gasteiger partial charge < -0.3 is 25.8 Å². The van der Waals surface area contributed by atoms with Gasteiger partial charge in [0.05, 0.1) is 11.3 Å². The van der Waals surface area contributed by atoms with E-state index in [-0.39, 0.29) is 10.7 Å². The Morgan fingerprint density at radius 2 is 1.88 bits per heavy atom. The number of halogens is 1. The molecule has 0 fully saturated rings. The molecular weight excluding hydrogens is 398 g/mol. The molecule has 0 aliphatic carbocycles. The summed E-state index contributed by atoms with van der Waals surface area (Å²) in [4.78, 5) is 22.7. The van der Waals surface area contributed by atoms with E-state index >= 15 is 0 Å². The summed E-state index contributed by atoms with van der Waals surface area (Å²) in [5.74, 6) is -1.06. The molecule has 1 aromatic rings. The number of thiocarbonyl (C=S) groups is 1. The summed E-state index contributed by atoms with van der Waals surface area (Å²) < 4.78 is 5.76. The number of carboxylic acid groups (broad SMARTS) is 1. The first kappa shape index (κ1) is 20.2. The summed E-state index contributed by atoms with van der Waals surface area (Å²) in [6.07, 6.45) is -0.510. The molecule has 1 aromatic carbocycles. The molecule has 0 aliphatic rings. The standard InChI is InChI=1S/C15H20BrN3O4S/c1-15(2,3)23-14(22)18-7-6-17-13(24)19-11-5-4-9(16)8-10(11)12(20)21/h4-5,8H,6-7H2,1-3H3,(H,18,22)(H,20,21)(H2,17,19,24). The molecule has 0 saturated carbocycles. The molecule has 24 heavy (non-hydrogen) atoms. The van der Waals surface area contributed by atoms with E-state index in [9.17, 15) is 14.7 Å². The number of amides is 1. The Labute approximate surface area is 154 Å². The molecular formula is C15H20BrN3O4S. The molecule has 0 bridgehead atoms. The minimum absolute atomic E-state index is 0.0976. The van der Waals surface area contributed by atoms with Crippen molar-refractivity contribution in [2.24, 2.45) is 0 Å². The van der Waals surface area contributed by atoms with E-state index in [4.69, 9.17) is 17.0 Å². The minimum Gasteiger partial charge on any atom is -0.478 e. The Bertz CT molecular complexity index is 632. The number of ether oxygens (including phenoxy) is 1. The van der Waals surface area contributed by atoms with Crippen LogP contribution in [0, 0.1) is 0 Å². The highest BCUT2D eigenvalue weighted by Gasteiger charge is 2.15. The van der Waals surface area contributed by atoms with Crippen LogP contribution in [0.4, 0.5) is 10.5 Å². The van der Waals surface area contributed by atoms with Crippen LogP contribution in [0.25, 0.3) is 0 Å². The molecule has 0 aliphatic heterocycles. The van der Waals surface area contributed by atoms with Crippen LogP contribution >= 0.6 is 28.1 Å². The number of hydrogen-bond donors (Lipinski definition) is 4. The Hall–Kier alpha value is -1.87. The number of alkyl carbamates (subject to hydrolysis) is 1. The molecule has 0 radical (unpaired) electrons. The second-order valence-corrected chi connectivity index (χ2v) is 7.13. The van der Waals surface area contributed by atoms with E-state index in [1.165, 1.54) is 6.07 Å². The number of carboxylic acids is 1. The lowest BCUT2D eigenvalue weighted by Gasteiger charge is -2.19. The number of hydrogen-bond acceptors (Lipinski definition) is 4. The lowest BCUT2D eigenvalue weighted by atomic mass is 10.2. The van der Waals surface area contributed by atoms with E-state index in [2.05, 4.69) is 31.9 Å². The van der Waals surface area contributed by atoms with Gasteiger partial charge in [-0.05, 0) is 51.2 Å². The van der Waals surface area contributed by atoms with Crippen LogP contribution in [0.5, 0.6) is 0 Å². The van der Waals surface area contributed by atoms with Gasteiger partial charge in [0.25, 0.3) is 0 Å². The summed E-state index contributed by atoms with van der Waals surface area (Å²) in [7, 11) is 0. The minimum atomic E-state index is -1.06. The van der Waals surface area contributed by atoms with Gasteiger partial charge in [-0.1, -0.05) is 15.9 Å². The Morgan fingerprint density at radius 3 is 2.46 bits per heavy atom. The second-order valence-electron chi connectivity index (χ2n) is 5.80. The van der Waals surface area contributed by atoms with Crippen molar-refractivity contribution in [1.29, 1.82) is 0 Å². The normalized spacial score (nSPS) is 10.7. The van der Waals surface area contributed by atoms with Crippen LogP contribution in [0.1, 0.15) is 31.1 Å². The predicted octanol–water partition coefficient (Wildman–Crippen LogP) is 2.96. The highest BCUT2D eigenvalue weighted by Crippen LogP contribution is 2.21. The van der Waals surface area contributed by atoms with Crippen molar-refractivity contribution >= 4 is 51.0 Å². The third-order valence-electron chi connectivity index (χ3n) is 2.54. The molecule has 0 heterocycles. The van der Waals surface area contributed by atoms with Gasteiger partial charge in [-0.15, -0.1) is 0 Å². The average Bonchev–Trinajstić information content (AvgIpc) is 2.43.